The third kappa shape index (κ3) is 3.39. The number of hydrogen-bond acceptors (Lipinski definition) is 7. The van der Waals surface area contributed by atoms with Crippen molar-refractivity contribution in [3.8, 4) is 0 Å². The van der Waals surface area contributed by atoms with E-state index in [1.54, 1.807) is 6.20 Å². The number of nitrogens with two attached hydrogens (primary N) is 1. The largest absolute Gasteiger partial charge is 0.393 e. The minimum absolute atomic E-state index is 0.450. The monoisotopic (exact) mass is 410 g/mol. The first-order chi connectivity index (χ1) is 10.2. The van der Waals surface area contributed by atoms with Crippen molar-refractivity contribution >= 4 is 62.1 Å². The van der Waals surface area contributed by atoms with Crippen molar-refractivity contribution in [3.63, 3.8) is 0 Å². The average Bonchev–Trinajstić information content (AvgIpc) is 2.99. The summed E-state index contributed by atoms with van der Waals surface area (Å²) in [5.74, 6) is 1.10. The highest BCUT2D eigenvalue weighted by molar-refractivity contribution is 14.1. The molecule has 0 aliphatic carbocycles. The van der Waals surface area contributed by atoms with Crippen molar-refractivity contribution in [2.24, 2.45) is 0 Å². The normalized spacial score (nSPS) is 10.3. The maximum absolute atomic E-state index is 6.10. The number of rotatable bonds is 4. The summed E-state index contributed by atoms with van der Waals surface area (Å²) in [4.78, 5) is 12.5. The number of hydrogen-bond donors (Lipinski definition) is 3. The number of anilines is 5. The van der Waals surface area contributed by atoms with Gasteiger partial charge in [0.2, 0.25) is 0 Å². The molecule has 21 heavy (non-hydrogen) atoms. The molecule has 1 aromatic carbocycles. The summed E-state index contributed by atoms with van der Waals surface area (Å²) in [6.07, 6.45) is 3.18. The zero-order valence-electron chi connectivity index (χ0n) is 10.7. The van der Waals surface area contributed by atoms with Crippen LogP contribution in [0.4, 0.5) is 28.1 Å². The van der Waals surface area contributed by atoms with Crippen LogP contribution in [0.25, 0.3) is 0 Å². The molecule has 0 spiro atoms. The lowest BCUT2D eigenvalue weighted by molar-refractivity contribution is 1.17. The van der Waals surface area contributed by atoms with Crippen LogP contribution in [0.2, 0.25) is 0 Å². The van der Waals surface area contributed by atoms with E-state index in [1.165, 1.54) is 21.2 Å². The van der Waals surface area contributed by atoms with Crippen molar-refractivity contribution in [2.75, 3.05) is 16.4 Å². The average molecular weight is 410 g/mol. The Morgan fingerprint density at radius 3 is 2.38 bits per heavy atom. The quantitative estimate of drug-likeness (QED) is 0.570. The molecule has 8 heteroatoms. The molecule has 0 atom stereocenters. The summed E-state index contributed by atoms with van der Waals surface area (Å²) in [6, 6.07) is 7.96. The molecule has 0 bridgehead atoms. The van der Waals surface area contributed by atoms with E-state index in [9.17, 15) is 0 Å². The molecule has 0 unspecified atom stereocenters. The maximum atomic E-state index is 6.10. The Morgan fingerprint density at radius 2 is 1.71 bits per heavy atom. The second kappa shape index (κ2) is 6.22. The Bertz CT molecular complexity index is 729. The Labute approximate surface area is 139 Å². The second-order valence-electron chi connectivity index (χ2n) is 4.08. The van der Waals surface area contributed by atoms with Gasteiger partial charge < -0.3 is 16.4 Å². The molecule has 0 radical (unpaired) electrons. The van der Waals surface area contributed by atoms with Gasteiger partial charge in [-0.25, -0.2) is 15.0 Å². The SMILES string of the molecule is Nc1c(Nc2ccc(I)cc2)ncnc1Nc1nccs1. The Hall–Kier alpha value is -1.94. The number of aromatic nitrogens is 3. The molecule has 4 N–H and O–H groups in total. The highest BCUT2D eigenvalue weighted by Gasteiger charge is 2.09. The van der Waals surface area contributed by atoms with E-state index in [0.29, 0.717) is 17.3 Å². The van der Waals surface area contributed by atoms with Crippen LogP contribution in [0.3, 0.4) is 0 Å². The fraction of sp³-hybridized carbons (Fsp3) is 0. The van der Waals surface area contributed by atoms with Gasteiger partial charge in [0.05, 0.1) is 0 Å². The van der Waals surface area contributed by atoms with E-state index in [4.69, 9.17) is 5.73 Å². The van der Waals surface area contributed by atoms with E-state index < -0.39 is 0 Å². The topological polar surface area (TPSA) is 88.8 Å². The molecule has 0 aliphatic heterocycles. The fourth-order valence-corrected chi connectivity index (χ4v) is 2.54. The lowest BCUT2D eigenvalue weighted by Crippen LogP contribution is -2.05. The highest BCUT2D eigenvalue weighted by atomic mass is 127. The zero-order chi connectivity index (χ0) is 14.7. The van der Waals surface area contributed by atoms with Crippen LogP contribution in [0.1, 0.15) is 0 Å². The summed E-state index contributed by atoms with van der Waals surface area (Å²) in [5.41, 5.74) is 7.47. The number of nitrogen functional groups attached to an aromatic ring is 1. The second-order valence-corrected chi connectivity index (χ2v) is 6.22. The van der Waals surface area contributed by atoms with Crippen LogP contribution < -0.4 is 16.4 Å². The lowest BCUT2D eigenvalue weighted by Gasteiger charge is -2.11. The molecule has 0 saturated heterocycles. The summed E-state index contributed by atoms with van der Waals surface area (Å²) in [6.45, 7) is 0. The molecule has 106 valence electrons. The van der Waals surface area contributed by atoms with Gasteiger partial charge in [0, 0.05) is 20.8 Å². The summed E-state index contributed by atoms with van der Waals surface area (Å²) in [7, 11) is 0. The number of nitrogens with zero attached hydrogens (tertiary/aromatic N) is 3. The van der Waals surface area contributed by atoms with Gasteiger partial charge in [-0.2, -0.15) is 0 Å². The van der Waals surface area contributed by atoms with Crippen molar-refractivity contribution in [1.29, 1.82) is 0 Å². The predicted octanol–water partition coefficient (Wildman–Crippen LogP) is 3.61. The molecule has 3 aromatic rings. The molecular formula is C13H11IN6S. The summed E-state index contributed by atoms with van der Waals surface area (Å²) < 4.78 is 1.17. The Balaban J connectivity index is 1.84. The number of nitrogens with one attached hydrogen (secondary N) is 2. The third-order valence-electron chi connectivity index (χ3n) is 2.65. The van der Waals surface area contributed by atoms with Crippen LogP contribution in [-0.2, 0) is 0 Å². The van der Waals surface area contributed by atoms with Crippen LogP contribution in [0, 0.1) is 3.57 Å². The van der Waals surface area contributed by atoms with Crippen LogP contribution in [0.15, 0.2) is 42.2 Å². The number of benzene rings is 1. The van der Waals surface area contributed by atoms with Gasteiger partial charge in [0.15, 0.2) is 16.8 Å². The van der Waals surface area contributed by atoms with E-state index in [1.807, 2.05) is 29.6 Å². The molecule has 0 aliphatic rings. The van der Waals surface area contributed by atoms with E-state index >= 15 is 0 Å². The van der Waals surface area contributed by atoms with Crippen molar-refractivity contribution in [3.05, 3.63) is 45.7 Å². The number of halogens is 1. The van der Waals surface area contributed by atoms with Gasteiger partial charge >= 0.3 is 0 Å². The van der Waals surface area contributed by atoms with Crippen molar-refractivity contribution < 1.29 is 0 Å². The summed E-state index contributed by atoms with van der Waals surface area (Å²) in [5, 5.41) is 8.88. The number of thiazole rings is 1. The molecule has 0 fully saturated rings. The maximum Gasteiger partial charge on any atom is 0.188 e. The van der Waals surface area contributed by atoms with Gasteiger partial charge in [-0.1, -0.05) is 0 Å². The van der Waals surface area contributed by atoms with Crippen molar-refractivity contribution in [2.45, 2.75) is 0 Å². The standard InChI is InChI=1S/C13H11IN6S/c14-8-1-3-9(4-2-8)19-11-10(15)12(18-7-17-11)20-13-16-5-6-21-13/h1-7H,15H2,(H2,16,17,18,19,20). The predicted molar refractivity (Wildman–Crippen MR) is 94.3 cm³/mol. The molecule has 2 aromatic heterocycles. The van der Waals surface area contributed by atoms with Crippen LogP contribution in [0.5, 0.6) is 0 Å². The van der Waals surface area contributed by atoms with Crippen molar-refractivity contribution in [1.82, 2.24) is 15.0 Å². The molecule has 0 amide bonds. The minimum atomic E-state index is 0.450. The molecule has 3 rings (SSSR count). The molecule has 2 heterocycles. The van der Waals surface area contributed by atoms with Gasteiger partial charge in [-0.3, -0.25) is 0 Å². The summed E-state index contributed by atoms with van der Waals surface area (Å²) >= 11 is 3.74. The van der Waals surface area contributed by atoms with Crippen LogP contribution >= 0.6 is 33.9 Å². The zero-order valence-corrected chi connectivity index (χ0v) is 13.7. The van der Waals surface area contributed by atoms with Gasteiger partial charge in [-0.15, -0.1) is 11.3 Å². The molecular weight excluding hydrogens is 399 g/mol. The fourth-order valence-electron chi connectivity index (χ4n) is 1.65. The minimum Gasteiger partial charge on any atom is -0.393 e. The lowest BCUT2D eigenvalue weighted by atomic mass is 10.3. The first kappa shape index (κ1) is 14.0. The Kier molecular flexibility index (Phi) is 4.15. The first-order valence-corrected chi connectivity index (χ1v) is 7.98. The molecule has 0 saturated carbocycles. The van der Waals surface area contributed by atoms with E-state index in [-0.39, 0.29) is 0 Å². The van der Waals surface area contributed by atoms with Crippen LogP contribution in [-0.4, -0.2) is 15.0 Å². The van der Waals surface area contributed by atoms with Gasteiger partial charge in [-0.05, 0) is 46.9 Å². The third-order valence-corrected chi connectivity index (χ3v) is 4.06. The van der Waals surface area contributed by atoms with Gasteiger partial charge in [0.25, 0.3) is 0 Å². The van der Waals surface area contributed by atoms with E-state index in [0.717, 1.165) is 10.8 Å². The smallest absolute Gasteiger partial charge is 0.188 e. The highest BCUT2D eigenvalue weighted by Crippen LogP contribution is 2.28. The van der Waals surface area contributed by atoms with Gasteiger partial charge in [0.1, 0.15) is 12.0 Å². The Morgan fingerprint density at radius 1 is 1.00 bits per heavy atom. The van der Waals surface area contributed by atoms with E-state index in [2.05, 4.69) is 48.2 Å². The molecule has 6 nitrogen and oxygen atoms in total. The first-order valence-electron chi connectivity index (χ1n) is 6.02.